The van der Waals surface area contributed by atoms with E-state index in [4.69, 9.17) is 9.47 Å². The van der Waals surface area contributed by atoms with Crippen molar-refractivity contribution in [3.8, 4) is 0 Å². The van der Waals surface area contributed by atoms with Crippen molar-refractivity contribution in [2.75, 3.05) is 19.8 Å². The third-order valence-corrected chi connectivity index (χ3v) is 1.99. The van der Waals surface area contributed by atoms with Gasteiger partial charge in [0, 0.05) is 19.3 Å². The second-order valence-corrected chi connectivity index (χ2v) is 3.40. The molecule has 88 valence electrons. The molecule has 0 N–H and O–H groups in total. The third-order valence-electron chi connectivity index (χ3n) is 1.99. The van der Waals surface area contributed by atoms with Gasteiger partial charge in [-0.2, -0.15) is 0 Å². The summed E-state index contributed by atoms with van der Waals surface area (Å²) in [5.41, 5.74) is 0. The van der Waals surface area contributed by atoms with Gasteiger partial charge in [-0.3, -0.25) is 0 Å². The number of ether oxygens (including phenoxy) is 2. The molecule has 0 bridgehead atoms. The highest BCUT2D eigenvalue weighted by Gasteiger charge is 1.95. The summed E-state index contributed by atoms with van der Waals surface area (Å²) in [4.78, 5) is 10.6. The van der Waals surface area contributed by atoms with Gasteiger partial charge in [0.1, 0.15) is 0 Å². The molecule has 0 radical (unpaired) electrons. The summed E-state index contributed by atoms with van der Waals surface area (Å²) < 4.78 is 10.2. The van der Waals surface area contributed by atoms with E-state index in [-0.39, 0.29) is 5.97 Å². The molecule has 0 fully saturated rings. The quantitative estimate of drug-likeness (QED) is 0.318. The largest absolute Gasteiger partial charge is 0.463 e. The van der Waals surface area contributed by atoms with Gasteiger partial charge in [-0.1, -0.05) is 26.3 Å². The van der Waals surface area contributed by atoms with Gasteiger partial charge in [-0.15, -0.1) is 0 Å². The molecule has 0 aromatic carbocycles. The zero-order chi connectivity index (χ0) is 11.4. The van der Waals surface area contributed by atoms with Crippen molar-refractivity contribution in [1.29, 1.82) is 0 Å². The monoisotopic (exact) mass is 214 g/mol. The van der Waals surface area contributed by atoms with Crippen LogP contribution in [0.15, 0.2) is 12.7 Å². The number of hydrogen-bond donors (Lipinski definition) is 0. The Balaban J connectivity index is 2.98. The lowest BCUT2D eigenvalue weighted by Crippen LogP contribution is -2.03. The third kappa shape index (κ3) is 11.1. The molecule has 0 saturated heterocycles. The van der Waals surface area contributed by atoms with Crippen LogP contribution in [0.3, 0.4) is 0 Å². The summed E-state index contributed by atoms with van der Waals surface area (Å²) in [5, 5.41) is 0. The van der Waals surface area contributed by atoms with E-state index in [9.17, 15) is 4.79 Å². The summed E-state index contributed by atoms with van der Waals surface area (Å²) >= 11 is 0. The Morgan fingerprint density at radius 2 is 1.73 bits per heavy atom. The smallest absolute Gasteiger partial charge is 0.330 e. The van der Waals surface area contributed by atoms with Gasteiger partial charge in [0.15, 0.2) is 0 Å². The van der Waals surface area contributed by atoms with E-state index in [0.717, 1.165) is 32.5 Å². The molecule has 0 aliphatic carbocycles. The van der Waals surface area contributed by atoms with Crippen molar-refractivity contribution in [1.82, 2.24) is 0 Å². The topological polar surface area (TPSA) is 35.5 Å². The SMILES string of the molecule is C=CC(=O)OCCCCOCCCCC. The molecule has 0 aliphatic rings. The Bertz CT molecular complexity index is 166. The number of hydrogen-bond acceptors (Lipinski definition) is 3. The lowest BCUT2D eigenvalue weighted by molar-refractivity contribution is -0.137. The maximum atomic E-state index is 10.6. The van der Waals surface area contributed by atoms with Crippen LogP contribution in [0.5, 0.6) is 0 Å². The fraction of sp³-hybridized carbons (Fsp3) is 0.750. The molecule has 0 aromatic rings. The van der Waals surface area contributed by atoms with Gasteiger partial charge in [0.2, 0.25) is 0 Å². The molecule has 0 saturated carbocycles. The molecule has 0 heterocycles. The maximum absolute atomic E-state index is 10.6. The Labute approximate surface area is 92.5 Å². The first-order valence-corrected chi connectivity index (χ1v) is 5.68. The molecule has 0 amide bonds. The summed E-state index contributed by atoms with van der Waals surface area (Å²) in [6.45, 7) is 7.56. The van der Waals surface area contributed by atoms with E-state index in [1.807, 2.05) is 0 Å². The zero-order valence-electron chi connectivity index (χ0n) is 9.67. The van der Waals surface area contributed by atoms with Crippen LogP contribution in [0.2, 0.25) is 0 Å². The van der Waals surface area contributed by atoms with E-state index < -0.39 is 0 Å². The molecule has 0 aromatic heterocycles. The van der Waals surface area contributed by atoms with E-state index in [0.29, 0.717) is 6.61 Å². The van der Waals surface area contributed by atoms with E-state index in [1.165, 1.54) is 18.9 Å². The number of unbranched alkanes of at least 4 members (excludes halogenated alkanes) is 3. The molecule has 15 heavy (non-hydrogen) atoms. The van der Waals surface area contributed by atoms with Crippen molar-refractivity contribution >= 4 is 5.97 Å². The molecule has 0 atom stereocenters. The highest BCUT2D eigenvalue weighted by Crippen LogP contribution is 1.96. The number of rotatable bonds is 10. The molecule has 3 nitrogen and oxygen atoms in total. The number of carbonyl (C=O) groups is 1. The molecular weight excluding hydrogens is 192 g/mol. The minimum absolute atomic E-state index is 0.348. The summed E-state index contributed by atoms with van der Waals surface area (Å²) in [5.74, 6) is -0.348. The fourth-order valence-corrected chi connectivity index (χ4v) is 1.09. The van der Waals surface area contributed by atoms with E-state index in [2.05, 4.69) is 13.5 Å². The van der Waals surface area contributed by atoms with Gasteiger partial charge >= 0.3 is 5.97 Å². The van der Waals surface area contributed by atoms with Crippen LogP contribution in [-0.2, 0) is 14.3 Å². The summed E-state index contributed by atoms with van der Waals surface area (Å²) in [6, 6.07) is 0. The van der Waals surface area contributed by atoms with Crippen molar-refractivity contribution in [2.45, 2.75) is 39.0 Å². The highest BCUT2D eigenvalue weighted by atomic mass is 16.5. The normalized spacial score (nSPS) is 9.93. The van der Waals surface area contributed by atoms with Gasteiger partial charge < -0.3 is 9.47 Å². The molecule has 0 spiro atoms. The Morgan fingerprint density at radius 3 is 2.33 bits per heavy atom. The summed E-state index contributed by atoms with van der Waals surface area (Å²) in [6.07, 6.45) is 6.57. The first-order valence-electron chi connectivity index (χ1n) is 5.68. The second kappa shape index (κ2) is 11.2. The van der Waals surface area contributed by atoms with Gasteiger partial charge in [0.25, 0.3) is 0 Å². The van der Waals surface area contributed by atoms with Crippen LogP contribution in [0.1, 0.15) is 39.0 Å². The van der Waals surface area contributed by atoms with Crippen LogP contribution in [0, 0.1) is 0 Å². The second-order valence-electron chi connectivity index (χ2n) is 3.40. The van der Waals surface area contributed by atoms with Crippen molar-refractivity contribution < 1.29 is 14.3 Å². The average Bonchev–Trinajstić information content (AvgIpc) is 2.26. The van der Waals surface area contributed by atoms with E-state index >= 15 is 0 Å². The van der Waals surface area contributed by atoms with Crippen molar-refractivity contribution in [3.63, 3.8) is 0 Å². The molecule has 0 rings (SSSR count). The lowest BCUT2D eigenvalue weighted by Gasteiger charge is -2.04. The summed E-state index contributed by atoms with van der Waals surface area (Å²) in [7, 11) is 0. The van der Waals surface area contributed by atoms with Crippen molar-refractivity contribution in [3.05, 3.63) is 12.7 Å². The Hall–Kier alpha value is -0.830. The molecule has 0 aliphatic heterocycles. The molecule has 0 unspecified atom stereocenters. The van der Waals surface area contributed by atoms with Crippen LogP contribution in [0.4, 0.5) is 0 Å². The minimum Gasteiger partial charge on any atom is -0.463 e. The van der Waals surface area contributed by atoms with Crippen LogP contribution < -0.4 is 0 Å². The van der Waals surface area contributed by atoms with Crippen LogP contribution >= 0.6 is 0 Å². The number of carbonyl (C=O) groups excluding carboxylic acids is 1. The minimum atomic E-state index is -0.348. The van der Waals surface area contributed by atoms with E-state index in [1.54, 1.807) is 0 Å². The predicted molar refractivity (Wildman–Crippen MR) is 60.7 cm³/mol. The van der Waals surface area contributed by atoms with Crippen LogP contribution in [0.25, 0.3) is 0 Å². The fourth-order valence-electron chi connectivity index (χ4n) is 1.09. The van der Waals surface area contributed by atoms with Crippen LogP contribution in [-0.4, -0.2) is 25.8 Å². The van der Waals surface area contributed by atoms with Gasteiger partial charge in [-0.25, -0.2) is 4.79 Å². The Kier molecular flexibility index (Phi) is 10.6. The standard InChI is InChI=1S/C12H22O3/c1-3-5-6-9-14-10-7-8-11-15-12(13)4-2/h4H,2-3,5-11H2,1H3. The maximum Gasteiger partial charge on any atom is 0.330 e. The number of esters is 1. The Morgan fingerprint density at radius 1 is 1.13 bits per heavy atom. The molecular formula is C12H22O3. The molecule has 3 heteroatoms. The first-order chi connectivity index (χ1) is 7.31. The first kappa shape index (κ1) is 14.2. The van der Waals surface area contributed by atoms with Gasteiger partial charge in [0.05, 0.1) is 6.61 Å². The van der Waals surface area contributed by atoms with Crippen molar-refractivity contribution in [2.24, 2.45) is 0 Å². The zero-order valence-corrected chi connectivity index (χ0v) is 9.67. The van der Waals surface area contributed by atoms with Gasteiger partial charge in [-0.05, 0) is 19.3 Å². The highest BCUT2D eigenvalue weighted by molar-refractivity contribution is 5.81. The lowest BCUT2D eigenvalue weighted by atomic mass is 10.3. The average molecular weight is 214 g/mol. The predicted octanol–water partition coefficient (Wildman–Crippen LogP) is 2.70.